The van der Waals surface area contributed by atoms with E-state index >= 15 is 0 Å². The van der Waals surface area contributed by atoms with Gasteiger partial charge >= 0.3 is 6.09 Å². The van der Waals surface area contributed by atoms with Crippen LogP contribution in [0, 0.1) is 5.41 Å². The Bertz CT molecular complexity index is 1100. The summed E-state index contributed by atoms with van der Waals surface area (Å²) >= 11 is 0. The average molecular weight is 477 g/mol. The molecule has 2 aliphatic rings. The summed E-state index contributed by atoms with van der Waals surface area (Å²) < 4.78 is 34.3. The number of nitrogens with zero attached hydrogens (tertiary/aromatic N) is 4. The first-order valence-corrected chi connectivity index (χ1v) is 12.6. The maximum Gasteiger partial charge on any atom is 0.407 e. The van der Waals surface area contributed by atoms with Gasteiger partial charge in [0.05, 0.1) is 42.6 Å². The molecule has 0 radical (unpaired) electrons. The molecule has 1 aromatic heterocycles. The molecule has 1 amide bonds. The summed E-state index contributed by atoms with van der Waals surface area (Å²) in [6.45, 7) is 6.21. The standard InChI is InChI=1S/C22H28N4O6S/c1-15-19(22(2)13-31-14-22)26(21(27)28)9-8-25(15)20-23-10-17(11-24-20)32-12-16-4-6-18(7-5-16)33(3,29)30/h4-7,10-11,15,19H,8-9,12-14H2,1-3H3,(H,27,28)/t15?,19-/m0/s1. The number of aromatic nitrogens is 2. The van der Waals surface area contributed by atoms with Gasteiger partial charge in [-0.25, -0.2) is 23.2 Å². The van der Waals surface area contributed by atoms with Gasteiger partial charge in [-0.1, -0.05) is 19.1 Å². The van der Waals surface area contributed by atoms with Crippen molar-refractivity contribution < 1.29 is 27.8 Å². The summed E-state index contributed by atoms with van der Waals surface area (Å²) in [6, 6.07) is 6.17. The van der Waals surface area contributed by atoms with E-state index in [1.54, 1.807) is 36.7 Å². The molecule has 178 valence electrons. The molecule has 3 heterocycles. The van der Waals surface area contributed by atoms with Crippen molar-refractivity contribution >= 4 is 21.9 Å². The molecule has 1 unspecified atom stereocenters. The fraction of sp³-hybridized carbons (Fsp3) is 0.500. The minimum absolute atomic E-state index is 0.121. The third-order valence-electron chi connectivity index (χ3n) is 6.32. The molecule has 0 aliphatic carbocycles. The van der Waals surface area contributed by atoms with Crippen LogP contribution in [0.15, 0.2) is 41.6 Å². The summed E-state index contributed by atoms with van der Waals surface area (Å²) in [7, 11) is -3.23. The number of benzene rings is 1. The largest absolute Gasteiger partial charge is 0.486 e. The van der Waals surface area contributed by atoms with Gasteiger partial charge in [0, 0.05) is 24.8 Å². The second-order valence-corrected chi connectivity index (χ2v) is 10.9. The Morgan fingerprint density at radius 3 is 2.36 bits per heavy atom. The zero-order valence-electron chi connectivity index (χ0n) is 18.8. The van der Waals surface area contributed by atoms with Crippen LogP contribution in [0.4, 0.5) is 10.7 Å². The van der Waals surface area contributed by atoms with Crippen molar-refractivity contribution in [2.24, 2.45) is 5.41 Å². The van der Waals surface area contributed by atoms with Crippen LogP contribution in [-0.2, 0) is 21.2 Å². The Kier molecular flexibility index (Phi) is 6.19. The van der Waals surface area contributed by atoms with Gasteiger partial charge in [0.2, 0.25) is 5.95 Å². The summed E-state index contributed by atoms with van der Waals surface area (Å²) in [6.07, 6.45) is 3.43. The monoisotopic (exact) mass is 476 g/mol. The molecular formula is C22H28N4O6S. The molecule has 2 fully saturated rings. The average Bonchev–Trinajstić information content (AvgIpc) is 2.76. The van der Waals surface area contributed by atoms with Gasteiger partial charge in [0.1, 0.15) is 6.61 Å². The van der Waals surface area contributed by atoms with Crippen LogP contribution in [0.3, 0.4) is 0 Å². The minimum atomic E-state index is -3.23. The van der Waals surface area contributed by atoms with E-state index in [4.69, 9.17) is 9.47 Å². The molecule has 1 N–H and O–H groups in total. The van der Waals surface area contributed by atoms with Crippen molar-refractivity contribution in [2.75, 3.05) is 37.5 Å². The first kappa shape index (κ1) is 23.2. The molecule has 10 nitrogen and oxygen atoms in total. The summed E-state index contributed by atoms with van der Waals surface area (Å²) in [5.74, 6) is 1.00. The summed E-state index contributed by atoms with van der Waals surface area (Å²) in [5.41, 5.74) is 0.579. The van der Waals surface area contributed by atoms with Crippen molar-refractivity contribution in [1.82, 2.24) is 14.9 Å². The van der Waals surface area contributed by atoms with Gasteiger partial charge in [-0.15, -0.1) is 0 Å². The Morgan fingerprint density at radius 1 is 1.21 bits per heavy atom. The van der Waals surface area contributed by atoms with E-state index in [0.717, 1.165) is 5.56 Å². The lowest BCUT2D eigenvalue weighted by atomic mass is 9.75. The molecule has 33 heavy (non-hydrogen) atoms. The third kappa shape index (κ3) is 4.74. The predicted molar refractivity (Wildman–Crippen MR) is 120 cm³/mol. The Labute approximate surface area is 193 Å². The van der Waals surface area contributed by atoms with Gasteiger partial charge < -0.3 is 24.4 Å². The van der Waals surface area contributed by atoms with Gasteiger partial charge in [0.25, 0.3) is 0 Å². The molecule has 2 atom stereocenters. The van der Waals surface area contributed by atoms with Gasteiger partial charge in [-0.3, -0.25) is 0 Å². The van der Waals surface area contributed by atoms with E-state index in [-0.39, 0.29) is 29.0 Å². The molecule has 0 saturated carbocycles. The van der Waals surface area contributed by atoms with Gasteiger partial charge in [-0.2, -0.15) is 0 Å². The zero-order valence-corrected chi connectivity index (χ0v) is 19.7. The van der Waals surface area contributed by atoms with Crippen molar-refractivity contribution in [2.45, 2.75) is 37.4 Å². The van der Waals surface area contributed by atoms with Gasteiger partial charge in [-0.05, 0) is 24.6 Å². The van der Waals surface area contributed by atoms with E-state index in [1.807, 2.05) is 11.8 Å². The molecule has 2 aliphatic heterocycles. The fourth-order valence-electron chi connectivity index (χ4n) is 4.57. The Morgan fingerprint density at radius 2 is 1.85 bits per heavy atom. The summed E-state index contributed by atoms with van der Waals surface area (Å²) in [4.78, 5) is 24.5. The number of sulfone groups is 1. The lowest BCUT2D eigenvalue weighted by Crippen LogP contribution is -2.69. The van der Waals surface area contributed by atoms with E-state index < -0.39 is 15.9 Å². The SMILES string of the molecule is CC1[C@@H](C2(C)COC2)N(C(=O)O)CCN1c1ncc(OCc2ccc(S(C)(=O)=O)cc2)cn1. The van der Waals surface area contributed by atoms with Crippen LogP contribution in [0.1, 0.15) is 19.4 Å². The number of hydrogen-bond donors (Lipinski definition) is 1. The lowest BCUT2D eigenvalue weighted by Gasteiger charge is -2.55. The Balaban J connectivity index is 1.43. The molecule has 11 heteroatoms. The van der Waals surface area contributed by atoms with Crippen LogP contribution in [0.5, 0.6) is 5.75 Å². The van der Waals surface area contributed by atoms with Crippen LogP contribution in [0.25, 0.3) is 0 Å². The smallest absolute Gasteiger partial charge is 0.407 e. The van der Waals surface area contributed by atoms with E-state index in [9.17, 15) is 18.3 Å². The van der Waals surface area contributed by atoms with Crippen molar-refractivity contribution in [3.63, 3.8) is 0 Å². The van der Waals surface area contributed by atoms with Crippen LogP contribution >= 0.6 is 0 Å². The predicted octanol–water partition coefficient (Wildman–Crippen LogP) is 2.05. The number of ether oxygens (including phenoxy) is 2. The molecule has 1 aromatic carbocycles. The maximum atomic E-state index is 11.8. The number of carboxylic acid groups (broad SMARTS) is 1. The van der Waals surface area contributed by atoms with E-state index in [2.05, 4.69) is 16.9 Å². The number of rotatable bonds is 6. The van der Waals surface area contributed by atoms with Crippen LogP contribution < -0.4 is 9.64 Å². The molecule has 4 rings (SSSR count). The van der Waals surface area contributed by atoms with Crippen LogP contribution in [-0.4, -0.2) is 79.1 Å². The van der Waals surface area contributed by atoms with Crippen molar-refractivity contribution in [1.29, 1.82) is 0 Å². The normalized spacial score (nSPS) is 22.5. The highest BCUT2D eigenvalue weighted by atomic mass is 32.2. The number of anilines is 1. The molecule has 2 saturated heterocycles. The van der Waals surface area contributed by atoms with Crippen molar-refractivity contribution in [3.05, 3.63) is 42.2 Å². The topological polar surface area (TPSA) is 122 Å². The molecular weight excluding hydrogens is 448 g/mol. The lowest BCUT2D eigenvalue weighted by molar-refractivity contribution is -0.147. The summed E-state index contributed by atoms with van der Waals surface area (Å²) in [5, 5.41) is 9.70. The highest BCUT2D eigenvalue weighted by Gasteiger charge is 2.51. The Hall–Kier alpha value is -2.92. The maximum absolute atomic E-state index is 11.8. The molecule has 0 bridgehead atoms. The second kappa shape index (κ2) is 8.79. The highest BCUT2D eigenvalue weighted by molar-refractivity contribution is 7.90. The number of hydrogen-bond acceptors (Lipinski definition) is 8. The van der Waals surface area contributed by atoms with Crippen LogP contribution in [0.2, 0.25) is 0 Å². The zero-order chi connectivity index (χ0) is 23.8. The second-order valence-electron chi connectivity index (χ2n) is 8.93. The number of carbonyl (C=O) groups is 1. The first-order chi connectivity index (χ1) is 15.6. The third-order valence-corrected chi connectivity index (χ3v) is 7.45. The van der Waals surface area contributed by atoms with E-state index in [0.29, 0.717) is 38.0 Å². The van der Waals surface area contributed by atoms with E-state index in [1.165, 1.54) is 11.2 Å². The quantitative estimate of drug-likeness (QED) is 0.667. The molecule has 0 spiro atoms. The molecule has 2 aromatic rings. The minimum Gasteiger partial charge on any atom is -0.486 e. The van der Waals surface area contributed by atoms with Gasteiger partial charge in [0.15, 0.2) is 15.6 Å². The van der Waals surface area contributed by atoms with Crippen molar-refractivity contribution in [3.8, 4) is 5.75 Å². The first-order valence-electron chi connectivity index (χ1n) is 10.7. The number of amides is 1. The highest BCUT2D eigenvalue weighted by Crippen LogP contribution is 2.39. The fourth-order valence-corrected chi connectivity index (χ4v) is 5.20. The number of piperazine rings is 1.